The van der Waals surface area contributed by atoms with Gasteiger partial charge in [0.05, 0.1) is 18.0 Å². The average Bonchev–Trinajstić information content (AvgIpc) is 3.23. The van der Waals surface area contributed by atoms with Crippen molar-refractivity contribution in [1.82, 2.24) is 9.97 Å². The van der Waals surface area contributed by atoms with E-state index in [0.29, 0.717) is 17.4 Å². The largest absolute Gasteiger partial charge is 0.490 e. The molecule has 1 fully saturated rings. The van der Waals surface area contributed by atoms with Gasteiger partial charge < -0.3 is 4.74 Å². The average molecular weight is 254 g/mol. The number of ether oxygens (including phenoxy) is 1. The van der Waals surface area contributed by atoms with Crippen LogP contribution in [-0.2, 0) is 0 Å². The van der Waals surface area contributed by atoms with Crippen molar-refractivity contribution in [3.05, 3.63) is 53.6 Å². The Bertz CT molecular complexity index is 604. The van der Waals surface area contributed by atoms with Crippen LogP contribution in [0.1, 0.15) is 34.6 Å². The Morgan fingerprint density at radius 1 is 1.26 bits per heavy atom. The van der Waals surface area contributed by atoms with Crippen molar-refractivity contribution in [2.75, 3.05) is 0 Å². The molecule has 0 spiro atoms. The van der Waals surface area contributed by atoms with Gasteiger partial charge in [-0.05, 0) is 31.9 Å². The van der Waals surface area contributed by atoms with Gasteiger partial charge in [0, 0.05) is 11.8 Å². The van der Waals surface area contributed by atoms with Crippen LogP contribution in [0.5, 0.6) is 5.75 Å². The minimum absolute atomic E-state index is 0.131. The Hall–Kier alpha value is -2.23. The quantitative estimate of drug-likeness (QED) is 0.787. The minimum Gasteiger partial charge on any atom is -0.490 e. The number of aromatic nitrogens is 2. The van der Waals surface area contributed by atoms with E-state index in [4.69, 9.17) is 4.74 Å². The van der Waals surface area contributed by atoms with Gasteiger partial charge in [-0.1, -0.05) is 12.1 Å². The number of hydrogen-bond donors (Lipinski definition) is 0. The van der Waals surface area contributed by atoms with Crippen LogP contribution < -0.4 is 4.74 Å². The molecule has 3 rings (SSSR count). The summed E-state index contributed by atoms with van der Waals surface area (Å²) < 4.78 is 5.68. The molecule has 0 atom stereocenters. The number of ketones is 1. The molecule has 0 amide bonds. The zero-order valence-electron chi connectivity index (χ0n) is 10.7. The lowest BCUT2D eigenvalue weighted by molar-refractivity contribution is 0.103. The molecule has 19 heavy (non-hydrogen) atoms. The van der Waals surface area contributed by atoms with Gasteiger partial charge in [0.25, 0.3) is 0 Å². The van der Waals surface area contributed by atoms with E-state index in [9.17, 15) is 4.79 Å². The number of rotatable bonds is 4. The first-order valence-electron chi connectivity index (χ1n) is 6.32. The Balaban J connectivity index is 1.84. The lowest BCUT2D eigenvalue weighted by atomic mass is 10.1. The third-order valence-corrected chi connectivity index (χ3v) is 2.94. The molecule has 0 aliphatic heterocycles. The molecule has 96 valence electrons. The number of benzene rings is 1. The van der Waals surface area contributed by atoms with Crippen molar-refractivity contribution in [3.63, 3.8) is 0 Å². The maximum Gasteiger partial charge on any atom is 0.213 e. The number of aryl methyl sites for hydroxylation is 1. The standard InChI is InChI=1S/C15H14N2O2/c1-10-8-17-14(9-16-10)15(18)11-3-2-4-13(7-11)19-12-5-6-12/h2-4,7-9,12H,5-6H2,1H3. The Morgan fingerprint density at radius 3 is 2.79 bits per heavy atom. The van der Waals surface area contributed by atoms with E-state index in [0.717, 1.165) is 24.3 Å². The van der Waals surface area contributed by atoms with Crippen LogP contribution in [-0.4, -0.2) is 21.9 Å². The van der Waals surface area contributed by atoms with Gasteiger partial charge in [0.2, 0.25) is 5.78 Å². The molecule has 0 radical (unpaired) electrons. The van der Waals surface area contributed by atoms with Crippen LogP contribution in [0.2, 0.25) is 0 Å². The van der Waals surface area contributed by atoms with E-state index in [1.165, 1.54) is 6.20 Å². The van der Waals surface area contributed by atoms with Crippen molar-refractivity contribution in [1.29, 1.82) is 0 Å². The predicted octanol–water partition coefficient (Wildman–Crippen LogP) is 2.56. The first-order valence-corrected chi connectivity index (χ1v) is 6.32. The number of carbonyl (C=O) groups excluding carboxylic acids is 1. The molecule has 0 N–H and O–H groups in total. The van der Waals surface area contributed by atoms with E-state index in [2.05, 4.69) is 9.97 Å². The molecule has 0 unspecified atom stereocenters. The molecular formula is C15H14N2O2. The Kier molecular flexibility index (Phi) is 2.99. The molecular weight excluding hydrogens is 240 g/mol. The third kappa shape index (κ3) is 2.78. The SMILES string of the molecule is Cc1cnc(C(=O)c2cccc(OC3CC3)c2)cn1. The Morgan fingerprint density at radius 2 is 2.11 bits per heavy atom. The van der Waals surface area contributed by atoms with E-state index in [-0.39, 0.29) is 5.78 Å². The summed E-state index contributed by atoms with van der Waals surface area (Å²) >= 11 is 0. The van der Waals surface area contributed by atoms with Gasteiger partial charge in [-0.15, -0.1) is 0 Å². The minimum atomic E-state index is -0.131. The molecule has 1 aliphatic rings. The van der Waals surface area contributed by atoms with Crippen LogP contribution >= 0.6 is 0 Å². The Labute approximate surface area is 111 Å². The van der Waals surface area contributed by atoms with Gasteiger partial charge in [0.1, 0.15) is 11.4 Å². The second-order valence-corrected chi connectivity index (χ2v) is 4.72. The summed E-state index contributed by atoms with van der Waals surface area (Å²) in [5.41, 5.74) is 1.73. The van der Waals surface area contributed by atoms with Crippen molar-refractivity contribution in [2.45, 2.75) is 25.9 Å². The van der Waals surface area contributed by atoms with Gasteiger partial charge in [-0.3, -0.25) is 9.78 Å². The summed E-state index contributed by atoms with van der Waals surface area (Å²) in [4.78, 5) is 20.4. The highest BCUT2D eigenvalue weighted by atomic mass is 16.5. The fourth-order valence-electron chi connectivity index (χ4n) is 1.75. The monoisotopic (exact) mass is 254 g/mol. The second kappa shape index (κ2) is 4.80. The van der Waals surface area contributed by atoms with E-state index >= 15 is 0 Å². The highest BCUT2D eigenvalue weighted by molar-refractivity contribution is 6.07. The molecule has 2 aromatic rings. The summed E-state index contributed by atoms with van der Waals surface area (Å²) in [5.74, 6) is 0.613. The number of hydrogen-bond acceptors (Lipinski definition) is 4. The normalized spacial score (nSPS) is 14.2. The van der Waals surface area contributed by atoms with Crippen LogP contribution in [0.25, 0.3) is 0 Å². The molecule has 1 heterocycles. The highest BCUT2D eigenvalue weighted by Gasteiger charge is 2.23. The zero-order chi connectivity index (χ0) is 13.2. The zero-order valence-corrected chi connectivity index (χ0v) is 10.7. The van der Waals surface area contributed by atoms with Crippen LogP contribution in [0, 0.1) is 6.92 Å². The van der Waals surface area contributed by atoms with Gasteiger partial charge >= 0.3 is 0 Å². The second-order valence-electron chi connectivity index (χ2n) is 4.72. The smallest absolute Gasteiger partial charge is 0.213 e. The molecule has 1 saturated carbocycles. The van der Waals surface area contributed by atoms with E-state index < -0.39 is 0 Å². The maximum absolute atomic E-state index is 12.3. The fraction of sp³-hybridized carbons (Fsp3) is 0.267. The lowest BCUT2D eigenvalue weighted by Crippen LogP contribution is -2.06. The van der Waals surface area contributed by atoms with Gasteiger partial charge in [-0.25, -0.2) is 4.98 Å². The van der Waals surface area contributed by atoms with Crippen molar-refractivity contribution in [3.8, 4) is 5.75 Å². The summed E-state index contributed by atoms with van der Waals surface area (Å²) in [7, 11) is 0. The molecule has 4 nitrogen and oxygen atoms in total. The summed E-state index contributed by atoms with van der Waals surface area (Å²) in [6.45, 7) is 1.84. The van der Waals surface area contributed by atoms with Crippen molar-refractivity contribution >= 4 is 5.78 Å². The van der Waals surface area contributed by atoms with E-state index in [1.54, 1.807) is 18.3 Å². The molecule has 0 bridgehead atoms. The third-order valence-electron chi connectivity index (χ3n) is 2.94. The number of carbonyl (C=O) groups is 1. The maximum atomic E-state index is 12.3. The molecule has 0 saturated heterocycles. The van der Waals surface area contributed by atoms with E-state index in [1.807, 2.05) is 19.1 Å². The van der Waals surface area contributed by atoms with Gasteiger partial charge in [0.15, 0.2) is 0 Å². The highest BCUT2D eigenvalue weighted by Crippen LogP contribution is 2.27. The van der Waals surface area contributed by atoms with Crippen LogP contribution in [0.15, 0.2) is 36.7 Å². The summed E-state index contributed by atoms with van der Waals surface area (Å²) in [6.07, 6.45) is 5.62. The summed E-state index contributed by atoms with van der Waals surface area (Å²) in [5, 5.41) is 0. The molecule has 4 heteroatoms. The van der Waals surface area contributed by atoms with Crippen LogP contribution in [0.4, 0.5) is 0 Å². The predicted molar refractivity (Wildman–Crippen MR) is 70.3 cm³/mol. The molecule has 1 aromatic carbocycles. The lowest BCUT2D eigenvalue weighted by Gasteiger charge is -2.06. The van der Waals surface area contributed by atoms with Crippen LogP contribution in [0.3, 0.4) is 0 Å². The molecule has 1 aromatic heterocycles. The molecule has 1 aliphatic carbocycles. The first-order chi connectivity index (χ1) is 9.22. The van der Waals surface area contributed by atoms with Gasteiger partial charge in [-0.2, -0.15) is 0 Å². The fourth-order valence-corrected chi connectivity index (χ4v) is 1.75. The first kappa shape index (κ1) is 11.8. The topological polar surface area (TPSA) is 52.1 Å². The van der Waals surface area contributed by atoms with Crippen molar-refractivity contribution < 1.29 is 9.53 Å². The van der Waals surface area contributed by atoms with Crippen molar-refractivity contribution in [2.24, 2.45) is 0 Å². The number of nitrogens with zero attached hydrogens (tertiary/aromatic N) is 2. The summed E-state index contributed by atoms with van der Waals surface area (Å²) in [6, 6.07) is 7.23.